The molecule has 0 aliphatic carbocycles. The summed E-state index contributed by atoms with van der Waals surface area (Å²) in [4.78, 5) is 18.2. The highest BCUT2D eigenvalue weighted by Crippen LogP contribution is 2.27. The molecule has 0 saturated carbocycles. The molecule has 2 aromatic rings. The first-order valence-corrected chi connectivity index (χ1v) is 9.57. The Morgan fingerprint density at radius 3 is 1.72 bits per heavy atom. The van der Waals surface area contributed by atoms with Gasteiger partial charge in [0.2, 0.25) is 0 Å². The van der Waals surface area contributed by atoms with Crippen LogP contribution in [-0.4, -0.2) is 41.3 Å². The number of nitrogens with one attached hydrogen (secondary N) is 2. The molecule has 3 rings (SSSR count). The van der Waals surface area contributed by atoms with Crippen LogP contribution >= 0.6 is 0 Å². The first-order chi connectivity index (χ1) is 13.8. The topological polar surface area (TPSA) is 108 Å². The number of benzene rings is 2. The maximum absolute atomic E-state index is 9.10. The van der Waals surface area contributed by atoms with Crippen molar-refractivity contribution in [3.05, 3.63) is 65.2 Å². The van der Waals surface area contributed by atoms with E-state index in [9.17, 15) is 0 Å². The summed E-state index contributed by atoms with van der Waals surface area (Å²) in [7, 11) is 0. The van der Waals surface area contributed by atoms with Crippen LogP contribution in [0.2, 0.25) is 0 Å². The number of hydrogen-bond acceptors (Lipinski definition) is 5. The van der Waals surface area contributed by atoms with Crippen molar-refractivity contribution in [1.29, 1.82) is 0 Å². The molecule has 156 valence electrons. The van der Waals surface area contributed by atoms with Gasteiger partial charge in [-0.05, 0) is 42.7 Å². The minimum Gasteiger partial charge on any atom is -0.491 e. The Hall–Kier alpha value is -2.90. The van der Waals surface area contributed by atoms with Crippen LogP contribution in [0.25, 0.3) is 0 Å². The fourth-order valence-corrected chi connectivity index (χ4v) is 3.02. The minimum atomic E-state index is -1.82. The van der Waals surface area contributed by atoms with Crippen LogP contribution in [-0.2, 0) is 9.59 Å². The van der Waals surface area contributed by atoms with Crippen LogP contribution in [0.3, 0.4) is 0 Å². The molecule has 1 fully saturated rings. The Balaban J connectivity index is 0.000000438. The van der Waals surface area contributed by atoms with Gasteiger partial charge in [0, 0.05) is 19.0 Å². The van der Waals surface area contributed by atoms with E-state index in [4.69, 9.17) is 24.5 Å². The second kappa shape index (κ2) is 10.6. The van der Waals surface area contributed by atoms with Gasteiger partial charge in [0.05, 0.1) is 12.3 Å². The second-order valence-electron chi connectivity index (χ2n) is 7.08. The standard InChI is InChI=1S/C20H26N2O.C2H2O4/c1-14(2)23-19-10-8-17(9-11-19)15(3)16-4-6-18(7-5-16)20-21-12-13-22-20;3-1(4)2(5)6/h4-11,14-15,20-22H,12-13H2,1-3H3;(H,3,4)(H,5,6). The average molecular weight is 400 g/mol. The van der Waals surface area contributed by atoms with Gasteiger partial charge >= 0.3 is 11.9 Å². The first kappa shape index (κ1) is 22.4. The largest absolute Gasteiger partial charge is 0.491 e. The van der Waals surface area contributed by atoms with E-state index in [0.717, 1.165) is 18.8 Å². The molecular weight excluding hydrogens is 372 g/mol. The zero-order chi connectivity index (χ0) is 21.4. The van der Waals surface area contributed by atoms with Crippen LogP contribution in [0.5, 0.6) is 5.75 Å². The maximum atomic E-state index is 9.10. The molecule has 1 aliphatic heterocycles. The summed E-state index contributed by atoms with van der Waals surface area (Å²) in [6.07, 6.45) is 0.510. The van der Waals surface area contributed by atoms with E-state index < -0.39 is 11.9 Å². The van der Waals surface area contributed by atoms with Gasteiger partial charge in [-0.1, -0.05) is 43.3 Å². The smallest absolute Gasteiger partial charge is 0.414 e. The van der Waals surface area contributed by atoms with E-state index in [1.807, 2.05) is 13.8 Å². The predicted octanol–water partition coefficient (Wildman–Crippen LogP) is 2.97. The van der Waals surface area contributed by atoms with Crippen molar-refractivity contribution in [2.45, 2.75) is 39.0 Å². The Morgan fingerprint density at radius 1 is 0.862 bits per heavy atom. The molecular formula is C22H28N2O5. The third kappa shape index (κ3) is 6.89. The van der Waals surface area contributed by atoms with Crippen molar-refractivity contribution in [2.75, 3.05) is 13.1 Å². The summed E-state index contributed by atoms with van der Waals surface area (Å²) in [5, 5.41) is 21.7. The number of hydrogen-bond donors (Lipinski definition) is 4. The zero-order valence-electron chi connectivity index (χ0n) is 16.9. The van der Waals surface area contributed by atoms with Gasteiger partial charge in [-0.15, -0.1) is 0 Å². The number of carboxylic acids is 2. The van der Waals surface area contributed by atoms with E-state index in [1.54, 1.807) is 0 Å². The Morgan fingerprint density at radius 2 is 1.31 bits per heavy atom. The lowest BCUT2D eigenvalue weighted by molar-refractivity contribution is -0.159. The fraction of sp³-hybridized carbons (Fsp3) is 0.364. The summed E-state index contributed by atoms with van der Waals surface area (Å²) in [5.74, 6) is -2.34. The van der Waals surface area contributed by atoms with Crippen LogP contribution in [0.4, 0.5) is 0 Å². The summed E-state index contributed by atoms with van der Waals surface area (Å²) in [6, 6.07) is 17.4. The summed E-state index contributed by atoms with van der Waals surface area (Å²) in [5.41, 5.74) is 3.95. The molecule has 0 amide bonds. The summed E-state index contributed by atoms with van der Waals surface area (Å²) >= 11 is 0. The van der Waals surface area contributed by atoms with Gasteiger partial charge in [-0.2, -0.15) is 0 Å². The van der Waals surface area contributed by atoms with Crippen molar-refractivity contribution in [3.63, 3.8) is 0 Å². The number of aliphatic carboxylic acids is 2. The molecule has 1 aliphatic rings. The van der Waals surface area contributed by atoms with E-state index >= 15 is 0 Å². The van der Waals surface area contributed by atoms with E-state index in [0.29, 0.717) is 12.1 Å². The average Bonchev–Trinajstić information content (AvgIpc) is 3.23. The van der Waals surface area contributed by atoms with Gasteiger partial charge in [0.15, 0.2) is 0 Å². The third-order valence-corrected chi connectivity index (χ3v) is 4.53. The Labute approximate surface area is 170 Å². The van der Waals surface area contributed by atoms with Crippen LogP contribution in [0, 0.1) is 0 Å². The molecule has 4 N–H and O–H groups in total. The lowest BCUT2D eigenvalue weighted by Gasteiger charge is -2.16. The molecule has 7 heteroatoms. The highest BCUT2D eigenvalue weighted by Gasteiger charge is 2.15. The van der Waals surface area contributed by atoms with Crippen LogP contribution in [0.1, 0.15) is 49.5 Å². The quantitative estimate of drug-likeness (QED) is 0.572. The number of ether oxygens (including phenoxy) is 1. The Bertz CT molecular complexity index is 785. The lowest BCUT2D eigenvalue weighted by atomic mass is 9.92. The molecule has 2 aromatic carbocycles. The van der Waals surface area contributed by atoms with Crippen molar-refractivity contribution in [3.8, 4) is 5.75 Å². The van der Waals surface area contributed by atoms with Gasteiger partial charge < -0.3 is 14.9 Å². The first-order valence-electron chi connectivity index (χ1n) is 9.57. The molecule has 0 spiro atoms. The van der Waals surface area contributed by atoms with Gasteiger partial charge in [0.25, 0.3) is 0 Å². The number of carboxylic acid groups (broad SMARTS) is 2. The molecule has 29 heavy (non-hydrogen) atoms. The van der Waals surface area contributed by atoms with Crippen LogP contribution in [0.15, 0.2) is 48.5 Å². The minimum absolute atomic E-state index is 0.212. The molecule has 7 nitrogen and oxygen atoms in total. The lowest BCUT2D eigenvalue weighted by Crippen LogP contribution is -2.21. The summed E-state index contributed by atoms with van der Waals surface area (Å²) < 4.78 is 5.71. The Kier molecular flexibility index (Phi) is 8.18. The predicted molar refractivity (Wildman–Crippen MR) is 110 cm³/mol. The monoisotopic (exact) mass is 400 g/mol. The normalized spacial score (nSPS) is 14.8. The van der Waals surface area contributed by atoms with Crippen molar-refractivity contribution in [2.24, 2.45) is 0 Å². The van der Waals surface area contributed by atoms with Crippen LogP contribution < -0.4 is 15.4 Å². The fourth-order valence-electron chi connectivity index (χ4n) is 3.02. The van der Waals surface area contributed by atoms with Gasteiger partial charge in [0.1, 0.15) is 5.75 Å². The highest BCUT2D eigenvalue weighted by molar-refractivity contribution is 6.27. The third-order valence-electron chi connectivity index (χ3n) is 4.53. The molecule has 1 atom stereocenters. The maximum Gasteiger partial charge on any atom is 0.414 e. The molecule has 0 aromatic heterocycles. The number of rotatable bonds is 5. The number of carbonyl (C=O) groups is 2. The zero-order valence-corrected chi connectivity index (χ0v) is 16.9. The van der Waals surface area contributed by atoms with Crippen molar-refractivity contribution >= 4 is 11.9 Å². The summed E-state index contributed by atoms with van der Waals surface area (Å²) in [6.45, 7) is 8.42. The second-order valence-corrected chi connectivity index (χ2v) is 7.08. The van der Waals surface area contributed by atoms with E-state index in [1.165, 1.54) is 16.7 Å². The van der Waals surface area contributed by atoms with Crippen molar-refractivity contribution in [1.82, 2.24) is 10.6 Å². The van der Waals surface area contributed by atoms with E-state index in [2.05, 4.69) is 66.1 Å². The molecule has 0 radical (unpaired) electrons. The molecule has 0 bridgehead atoms. The van der Waals surface area contributed by atoms with Gasteiger partial charge in [-0.3, -0.25) is 10.6 Å². The molecule has 1 unspecified atom stereocenters. The SMILES string of the molecule is CC(C)Oc1ccc(C(C)c2ccc(C3NCCN3)cc2)cc1.O=C(O)C(=O)O. The van der Waals surface area contributed by atoms with Gasteiger partial charge in [-0.25, -0.2) is 9.59 Å². The van der Waals surface area contributed by atoms with Crippen molar-refractivity contribution < 1.29 is 24.5 Å². The highest BCUT2D eigenvalue weighted by atomic mass is 16.5. The van der Waals surface area contributed by atoms with E-state index in [-0.39, 0.29) is 6.10 Å². The molecule has 1 heterocycles. The molecule has 1 saturated heterocycles.